The van der Waals surface area contributed by atoms with Gasteiger partial charge in [-0.15, -0.1) is 0 Å². The normalized spacial score (nSPS) is 13.1. The van der Waals surface area contributed by atoms with E-state index in [2.05, 4.69) is 29.2 Å². The Hall–Kier alpha value is -2.91. The van der Waals surface area contributed by atoms with Gasteiger partial charge in [0.15, 0.2) is 0 Å². The Labute approximate surface area is 167 Å². The van der Waals surface area contributed by atoms with Crippen LogP contribution < -0.4 is 4.74 Å². The molecule has 0 spiro atoms. The van der Waals surface area contributed by atoms with Crippen molar-refractivity contribution in [2.75, 3.05) is 27.2 Å². The van der Waals surface area contributed by atoms with Crippen molar-refractivity contribution in [3.05, 3.63) is 102 Å². The number of likely N-dealkylation sites (N-methyl/N-ethyl adjacent to an activating group) is 1. The molecule has 28 heavy (non-hydrogen) atoms. The molecule has 0 fully saturated rings. The molecule has 3 rings (SSSR count). The van der Waals surface area contributed by atoms with Crippen LogP contribution in [0.1, 0.15) is 28.5 Å². The summed E-state index contributed by atoms with van der Waals surface area (Å²) in [6, 6.07) is 28.3. The molecule has 0 saturated carbocycles. The van der Waals surface area contributed by atoms with Crippen LogP contribution in [0.3, 0.4) is 0 Å². The lowest BCUT2D eigenvalue weighted by Gasteiger charge is -2.25. The van der Waals surface area contributed by atoms with Crippen molar-refractivity contribution in [3.8, 4) is 5.75 Å². The summed E-state index contributed by atoms with van der Waals surface area (Å²) in [5.74, 6) is 0.556. The lowest BCUT2D eigenvalue weighted by atomic mass is 9.78. The van der Waals surface area contributed by atoms with Crippen LogP contribution in [0.25, 0.3) is 0 Å². The Kier molecular flexibility index (Phi) is 6.99. The summed E-state index contributed by atoms with van der Waals surface area (Å²) in [6.07, 6.45) is 1.06. The second kappa shape index (κ2) is 9.86. The Morgan fingerprint density at radius 2 is 1.32 bits per heavy atom. The molecule has 0 radical (unpaired) electrons. The first-order chi connectivity index (χ1) is 13.7. The summed E-state index contributed by atoms with van der Waals surface area (Å²) >= 11 is 0. The zero-order valence-corrected chi connectivity index (χ0v) is 16.5. The predicted octanol–water partition coefficient (Wildman–Crippen LogP) is 4.74. The number of hydrogen-bond donors (Lipinski definition) is 0. The van der Waals surface area contributed by atoms with Crippen molar-refractivity contribution in [1.82, 2.24) is 4.90 Å². The van der Waals surface area contributed by atoms with E-state index in [-0.39, 0.29) is 11.8 Å². The first-order valence-electron chi connectivity index (χ1n) is 9.61. The molecule has 0 aliphatic rings. The number of benzene rings is 3. The molecular formula is C25H27NO2. The number of carbonyl (C=O) groups excluding carboxylic acids is 1. The maximum Gasteiger partial charge on any atom is 0.128 e. The molecule has 0 aliphatic carbocycles. The number of hydrogen-bond acceptors (Lipinski definition) is 3. The van der Waals surface area contributed by atoms with E-state index in [0.717, 1.165) is 35.3 Å². The number of aldehydes is 1. The van der Waals surface area contributed by atoms with Crippen LogP contribution >= 0.6 is 0 Å². The van der Waals surface area contributed by atoms with E-state index >= 15 is 0 Å². The van der Waals surface area contributed by atoms with E-state index in [1.165, 1.54) is 0 Å². The fourth-order valence-electron chi connectivity index (χ4n) is 3.41. The average Bonchev–Trinajstić information content (AvgIpc) is 2.73. The maximum absolute atomic E-state index is 12.1. The van der Waals surface area contributed by atoms with Crippen LogP contribution in [-0.2, 0) is 4.79 Å². The third-order valence-corrected chi connectivity index (χ3v) is 4.90. The van der Waals surface area contributed by atoms with Gasteiger partial charge < -0.3 is 14.4 Å². The molecule has 0 bridgehead atoms. The molecule has 0 aromatic heterocycles. The fraction of sp³-hybridized carbons (Fsp3) is 0.240. The maximum atomic E-state index is 12.1. The van der Waals surface area contributed by atoms with Gasteiger partial charge in [0.25, 0.3) is 0 Å². The monoisotopic (exact) mass is 373 g/mol. The number of ether oxygens (including phenoxy) is 1. The zero-order valence-electron chi connectivity index (χ0n) is 16.5. The third-order valence-electron chi connectivity index (χ3n) is 4.90. The molecule has 0 N–H and O–H groups in total. The zero-order chi connectivity index (χ0) is 19.8. The van der Waals surface area contributed by atoms with Crippen LogP contribution in [0.4, 0.5) is 0 Å². The highest BCUT2D eigenvalue weighted by Crippen LogP contribution is 2.37. The Morgan fingerprint density at radius 1 is 0.786 bits per heavy atom. The SMILES string of the molecule is CN(C)CCOc1ccc(C(c2ccccc2)C(C=O)c2ccccc2)cc1. The molecule has 3 aromatic carbocycles. The molecule has 0 amide bonds. The van der Waals surface area contributed by atoms with Gasteiger partial charge >= 0.3 is 0 Å². The lowest BCUT2D eigenvalue weighted by Crippen LogP contribution is -2.19. The van der Waals surface area contributed by atoms with Gasteiger partial charge in [0.2, 0.25) is 0 Å². The standard InChI is InChI=1S/C25H27NO2/c1-26(2)17-18-28-23-15-13-22(14-16-23)25(21-11-7-4-8-12-21)24(19-27)20-9-5-3-6-10-20/h3-16,19,24-25H,17-18H2,1-2H3. The molecule has 3 heteroatoms. The van der Waals surface area contributed by atoms with E-state index in [9.17, 15) is 4.79 Å². The van der Waals surface area contributed by atoms with Crippen molar-refractivity contribution in [1.29, 1.82) is 0 Å². The van der Waals surface area contributed by atoms with Crippen molar-refractivity contribution >= 4 is 6.29 Å². The van der Waals surface area contributed by atoms with E-state index < -0.39 is 0 Å². The van der Waals surface area contributed by atoms with Crippen LogP contribution in [0.15, 0.2) is 84.9 Å². The summed E-state index contributed by atoms with van der Waals surface area (Å²) < 4.78 is 5.82. The largest absolute Gasteiger partial charge is 0.492 e. The lowest BCUT2D eigenvalue weighted by molar-refractivity contribution is -0.109. The number of carbonyl (C=O) groups is 1. The van der Waals surface area contributed by atoms with E-state index in [1.807, 2.05) is 74.8 Å². The molecule has 0 heterocycles. The van der Waals surface area contributed by atoms with E-state index in [4.69, 9.17) is 4.74 Å². The number of nitrogens with zero attached hydrogens (tertiary/aromatic N) is 1. The van der Waals surface area contributed by atoms with Crippen molar-refractivity contribution in [2.45, 2.75) is 11.8 Å². The number of rotatable bonds is 9. The third kappa shape index (κ3) is 5.08. The summed E-state index contributed by atoms with van der Waals surface area (Å²) in [6.45, 7) is 1.52. The van der Waals surface area contributed by atoms with Crippen LogP contribution in [0, 0.1) is 0 Å². The highest BCUT2D eigenvalue weighted by atomic mass is 16.5. The van der Waals surface area contributed by atoms with Gasteiger partial charge in [0.1, 0.15) is 18.6 Å². The molecule has 0 aliphatic heterocycles. The summed E-state index contributed by atoms with van der Waals surface area (Å²) in [7, 11) is 4.06. The highest BCUT2D eigenvalue weighted by Gasteiger charge is 2.26. The van der Waals surface area contributed by atoms with Gasteiger partial charge in [0, 0.05) is 12.5 Å². The molecule has 3 nitrogen and oxygen atoms in total. The van der Waals surface area contributed by atoms with Crippen LogP contribution in [0.5, 0.6) is 5.75 Å². The van der Waals surface area contributed by atoms with Gasteiger partial charge in [-0.2, -0.15) is 0 Å². The quantitative estimate of drug-likeness (QED) is 0.507. The van der Waals surface area contributed by atoms with Crippen LogP contribution in [0.2, 0.25) is 0 Å². The first kappa shape index (κ1) is 19.8. The van der Waals surface area contributed by atoms with Gasteiger partial charge in [-0.05, 0) is 42.9 Å². The Balaban J connectivity index is 1.90. The van der Waals surface area contributed by atoms with E-state index in [1.54, 1.807) is 0 Å². The topological polar surface area (TPSA) is 29.5 Å². The predicted molar refractivity (Wildman–Crippen MR) is 114 cm³/mol. The molecule has 2 atom stereocenters. The van der Waals surface area contributed by atoms with Gasteiger partial charge in [-0.1, -0.05) is 72.8 Å². The summed E-state index contributed by atoms with van der Waals surface area (Å²) in [5, 5.41) is 0. The van der Waals surface area contributed by atoms with Crippen molar-refractivity contribution in [3.63, 3.8) is 0 Å². The molecular weight excluding hydrogens is 346 g/mol. The van der Waals surface area contributed by atoms with Gasteiger partial charge in [-0.3, -0.25) is 0 Å². The Bertz CT molecular complexity index is 845. The fourth-order valence-corrected chi connectivity index (χ4v) is 3.41. The van der Waals surface area contributed by atoms with Gasteiger partial charge in [-0.25, -0.2) is 0 Å². The summed E-state index contributed by atoms with van der Waals surface area (Å²) in [5.41, 5.74) is 3.26. The van der Waals surface area contributed by atoms with Crippen molar-refractivity contribution < 1.29 is 9.53 Å². The highest BCUT2D eigenvalue weighted by molar-refractivity contribution is 5.66. The minimum absolute atomic E-state index is 0.0445. The molecule has 2 unspecified atom stereocenters. The average molecular weight is 373 g/mol. The molecule has 3 aromatic rings. The van der Waals surface area contributed by atoms with E-state index in [0.29, 0.717) is 6.61 Å². The second-order valence-corrected chi connectivity index (χ2v) is 7.18. The smallest absolute Gasteiger partial charge is 0.128 e. The van der Waals surface area contributed by atoms with Gasteiger partial charge in [0.05, 0.1) is 5.92 Å². The molecule has 0 saturated heterocycles. The summed E-state index contributed by atoms with van der Waals surface area (Å²) in [4.78, 5) is 14.2. The second-order valence-electron chi connectivity index (χ2n) is 7.18. The van der Waals surface area contributed by atoms with Crippen LogP contribution in [-0.4, -0.2) is 38.4 Å². The Morgan fingerprint density at radius 3 is 1.86 bits per heavy atom. The minimum atomic E-state index is -0.246. The minimum Gasteiger partial charge on any atom is -0.492 e. The molecule has 144 valence electrons. The van der Waals surface area contributed by atoms with Crippen molar-refractivity contribution in [2.24, 2.45) is 0 Å². The first-order valence-corrected chi connectivity index (χ1v) is 9.61.